The summed E-state index contributed by atoms with van der Waals surface area (Å²) >= 11 is 0. The summed E-state index contributed by atoms with van der Waals surface area (Å²) in [6, 6.07) is 9.55. The van der Waals surface area contributed by atoms with Crippen LogP contribution in [-0.4, -0.2) is 59.3 Å². The quantitative estimate of drug-likeness (QED) is 0.687. The molecule has 2 fully saturated rings. The molecule has 2 aliphatic heterocycles. The molecule has 1 aromatic carbocycles. The fourth-order valence-corrected chi connectivity index (χ4v) is 6.41. The zero-order valence-corrected chi connectivity index (χ0v) is 19.0. The van der Waals surface area contributed by atoms with Crippen molar-refractivity contribution in [2.24, 2.45) is 5.92 Å². The number of piperidine rings is 2. The van der Waals surface area contributed by atoms with Crippen LogP contribution in [0.4, 0.5) is 0 Å². The summed E-state index contributed by atoms with van der Waals surface area (Å²) in [5.41, 5.74) is 0.797. The summed E-state index contributed by atoms with van der Waals surface area (Å²) in [4.78, 5) is 19.6. The van der Waals surface area contributed by atoms with Gasteiger partial charge in [0.1, 0.15) is 5.82 Å². The van der Waals surface area contributed by atoms with E-state index in [1.165, 1.54) is 0 Å². The molecule has 2 aromatic rings. The molecule has 4 rings (SSSR count). The Morgan fingerprint density at radius 2 is 1.84 bits per heavy atom. The molecule has 0 radical (unpaired) electrons. The lowest BCUT2D eigenvalue weighted by atomic mass is 9.94. The van der Waals surface area contributed by atoms with Gasteiger partial charge in [0.15, 0.2) is 0 Å². The van der Waals surface area contributed by atoms with Gasteiger partial charge in [-0.15, -0.1) is 0 Å². The van der Waals surface area contributed by atoms with E-state index in [4.69, 9.17) is 0 Å². The number of rotatable bonds is 6. The van der Waals surface area contributed by atoms with Gasteiger partial charge in [0.2, 0.25) is 15.9 Å². The standard InChI is InChI=1S/C23H32N4O3S/c1-2-22-24-12-16-27(22)21-9-6-13-25(17-21)23(28)20-10-14-26(15-11-20)31(29,30)18-19-7-4-3-5-8-19/h3-5,7-8,12,16,20-21H,2,6,9-11,13-15,17-18H2,1H3. The number of imidazole rings is 1. The minimum Gasteiger partial charge on any atom is -0.340 e. The second-order valence-corrected chi connectivity index (χ2v) is 10.6. The monoisotopic (exact) mass is 444 g/mol. The molecule has 0 saturated carbocycles. The summed E-state index contributed by atoms with van der Waals surface area (Å²) in [7, 11) is -3.36. The Morgan fingerprint density at radius 3 is 2.55 bits per heavy atom. The predicted molar refractivity (Wildman–Crippen MR) is 120 cm³/mol. The third-order valence-corrected chi connectivity index (χ3v) is 8.41. The first-order valence-corrected chi connectivity index (χ1v) is 12.9. The van der Waals surface area contributed by atoms with Gasteiger partial charge >= 0.3 is 0 Å². The van der Waals surface area contributed by atoms with Crippen molar-refractivity contribution in [3.8, 4) is 0 Å². The van der Waals surface area contributed by atoms with Crippen LogP contribution in [0.5, 0.6) is 0 Å². The van der Waals surface area contributed by atoms with Crippen molar-refractivity contribution >= 4 is 15.9 Å². The summed E-state index contributed by atoms with van der Waals surface area (Å²) in [5.74, 6) is 1.18. The Hall–Kier alpha value is -2.19. The lowest BCUT2D eigenvalue weighted by molar-refractivity contribution is -0.138. The van der Waals surface area contributed by atoms with Crippen molar-refractivity contribution in [2.45, 2.75) is 50.8 Å². The number of hydrogen-bond donors (Lipinski definition) is 0. The Bertz CT molecular complexity index is 981. The minimum atomic E-state index is -3.36. The third kappa shape index (κ3) is 5.01. The molecule has 0 N–H and O–H groups in total. The van der Waals surface area contributed by atoms with Crippen LogP contribution in [-0.2, 0) is 27.0 Å². The molecule has 31 heavy (non-hydrogen) atoms. The average Bonchev–Trinajstić information content (AvgIpc) is 3.28. The van der Waals surface area contributed by atoms with E-state index in [0.717, 1.165) is 37.2 Å². The summed E-state index contributed by atoms with van der Waals surface area (Å²) < 4.78 is 29.4. The summed E-state index contributed by atoms with van der Waals surface area (Å²) in [6.45, 7) is 4.45. The van der Waals surface area contributed by atoms with Gasteiger partial charge < -0.3 is 9.47 Å². The number of hydrogen-bond acceptors (Lipinski definition) is 4. The number of likely N-dealkylation sites (tertiary alicyclic amines) is 1. The number of carbonyl (C=O) groups excluding carboxylic acids is 1. The molecule has 7 nitrogen and oxygen atoms in total. The van der Waals surface area contributed by atoms with Gasteiger partial charge in [-0.1, -0.05) is 37.3 Å². The zero-order valence-electron chi connectivity index (χ0n) is 18.2. The average molecular weight is 445 g/mol. The van der Waals surface area contributed by atoms with E-state index in [1.54, 1.807) is 4.31 Å². The van der Waals surface area contributed by atoms with Crippen molar-refractivity contribution < 1.29 is 13.2 Å². The predicted octanol–water partition coefficient (Wildman–Crippen LogP) is 2.85. The summed E-state index contributed by atoms with van der Waals surface area (Å²) in [5, 5.41) is 0. The number of sulfonamides is 1. The first-order valence-electron chi connectivity index (χ1n) is 11.3. The van der Waals surface area contributed by atoms with E-state index in [-0.39, 0.29) is 23.6 Å². The third-order valence-electron chi connectivity index (χ3n) is 6.56. The van der Waals surface area contributed by atoms with Crippen LogP contribution in [0.25, 0.3) is 0 Å². The van der Waals surface area contributed by atoms with Crippen LogP contribution in [0.3, 0.4) is 0 Å². The number of aromatic nitrogens is 2. The molecule has 1 atom stereocenters. The number of benzene rings is 1. The smallest absolute Gasteiger partial charge is 0.225 e. The highest BCUT2D eigenvalue weighted by Crippen LogP contribution is 2.28. The van der Waals surface area contributed by atoms with Gasteiger partial charge in [0, 0.05) is 50.9 Å². The highest BCUT2D eigenvalue weighted by molar-refractivity contribution is 7.88. The molecule has 2 saturated heterocycles. The fraction of sp³-hybridized carbons (Fsp3) is 0.565. The van der Waals surface area contributed by atoms with E-state index in [0.29, 0.717) is 32.5 Å². The molecule has 168 valence electrons. The van der Waals surface area contributed by atoms with Gasteiger partial charge in [-0.3, -0.25) is 4.79 Å². The first-order chi connectivity index (χ1) is 15.0. The van der Waals surface area contributed by atoms with E-state index >= 15 is 0 Å². The molecule has 1 amide bonds. The maximum Gasteiger partial charge on any atom is 0.225 e. The zero-order chi connectivity index (χ0) is 21.8. The highest BCUT2D eigenvalue weighted by atomic mass is 32.2. The first kappa shape index (κ1) is 22.0. The number of carbonyl (C=O) groups is 1. The van der Waals surface area contributed by atoms with Gasteiger partial charge in [-0.2, -0.15) is 0 Å². The SMILES string of the molecule is CCc1nccn1C1CCCN(C(=O)C2CCN(S(=O)(=O)Cc3ccccc3)CC2)C1. The molecular weight excluding hydrogens is 412 g/mol. The lowest BCUT2D eigenvalue weighted by Gasteiger charge is -2.38. The van der Waals surface area contributed by atoms with E-state index in [1.807, 2.05) is 47.6 Å². The number of nitrogens with zero attached hydrogens (tertiary/aromatic N) is 4. The molecular formula is C23H32N4O3S. The molecule has 3 heterocycles. The molecule has 0 spiro atoms. The minimum absolute atomic E-state index is 0.0188. The van der Waals surface area contributed by atoms with Crippen LogP contribution in [0.1, 0.15) is 50.0 Å². The van der Waals surface area contributed by atoms with E-state index < -0.39 is 10.0 Å². The van der Waals surface area contributed by atoms with Crippen LogP contribution in [0, 0.1) is 5.92 Å². The van der Waals surface area contributed by atoms with Crippen molar-refractivity contribution in [3.63, 3.8) is 0 Å². The maximum absolute atomic E-state index is 13.2. The fourth-order valence-electron chi connectivity index (χ4n) is 4.85. The molecule has 1 aromatic heterocycles. The Kier molecular flexibility index (Phi) is 6.77. The normalized spacial score (nSPS) is 21.3. The lowest BCUT2D eigenvalue weighted by Crippen LogP contribution is -2.47. The van der Waals surface area contributed by atoms with Crippen LogP contribution in [0.15, 0.2) is 42.7 Å². The summed E-state index contributed by atoms with van der Waals surface area (Å²) in [6.07, 6.45) is 7.98. The Morgan fingerprint density at radius 1 is 1.10 bits per heavy atom. The van der Waals surface area contributed by atoms with Gasteiger partial charge in [-0.05, 0) is 31.2 Å². The van der Waals surface area contributed by atoms with Gasteiger partial charge in [0.05, 0.1) is 11.8 Å². The van der Waals surface area contributed by atoms with Crippen molar-refractivity contribution in [2.75, 3.05) is 26.2 Å². The largest absolute Gasteiger partial charge is 0.340 e. The Balaban J connectivity index is 1.33. The molecule has 8 heteroatoms. The van der Waals surface area contributed by atoms with Gasteiger partial charge in [-0.25, -0.2) is 17.7 Å². The second-order valence-electron chi connectivity index (χ2n) is 8.60. The maximum atomic E-state index is 13.2. The second kappa shape index (κ2) is 9.53. The highest BCUT2D eigenvalue weighted by Gasteiger charge is 2.35. The van der Waals surface area contributed by atoms with E-state index in [2.05, 4.69) is 16.5 Å². The number of amides is 1. The van der Waals surface area contributed by atoms with Crippen LogP contribution < -0.4 is 0 Å². The Labute approximate surface area is 185 Å². The molecule has 0 aliphatic carbocycles. The van der Waals surface area contributed by atoms with Crippen LogP contribution in [0.2, 0.25) is 0 Å². The van der Waals surface area contributed by atoms with Crippen molar-refractivity contribution in [3.05, 3.63) is 54.1 Å². The van der Waals surface area contributed by atoms with Crippen molar-refractivity contribution in [1.82, 2.24) is 18.8 Å². The van der Waals surface area contributed by atoms with Crippen LogP contribution >= 0.6 is 0 Å². The topological polar surface area (TPSA) is 75.5 Å². The van der Waals surface area contributed by atoms with E-state index in [9.17, 15) is 13.2 Å². The van der Waals surface area contributed by atoms with Gasteiger partial charge in [0.25, 0.3) is 0 Å². The molecule has 1 unspecified atom stereocenters. The van der Waals surface area contributed by atoms with Crippen molar-refractivity contribution in [1.29, 1.82) is 0 Å². The number of aryl methyl sites for hydroxylation is 1. The molecule has 2 aliphatic rings. The molecule has 0 bridgehead atoms.